The van der Waals surface area contributed by atoms with E-state index in [9.17, 15) is 0 Å². The fraction of sp³-hybridized carbons (Fsp3) is 0. The van der Waals surface area contributed by atoms with Crippen molar-refractivity contribution in [3.63, 3.8) is 0 Å². The molecule has 0 spiro atoms. The third kappa shape index (κ3) is 6.73. The third-order valence-electron chi connectivity index (χ3n) is 13.8. The largest absolute Gasteiger partial charge is 0.310 e. The number of nitrogens with zero attached hydrogens (tertiary/aromatic N) is 2. The minimum absolute atomic E-state index is 1.08. The van der Waals surface area contributed by atoms with Gasteiger partial charge in [-0.2, -0.15) is 0 Å². The highest BCUT2D eigenvalue weighted by Gasteiger charge is 2.22. The number of hydrogen-bond acceptors (Lipinski definition) is 1. The SMILES string of the molecule is c1ccc(-c2ccccc2N(c2ccc(-c3cccc(-n4c5ccccc5c5cc6ccccc6cc54)c3-c3ccc4ccccc4c3)cc2)c2ccc(-c3cccc4ccccc34)cc2)cc1. The van der Waals surface area contributed by atoms with Crippen LogP contribution in [0.5, 0.6) is 0 Å². The lowest BCUT2D eigenvalue weighted by atomic mass is 9.91. The molecule has 0 aliphatic rings. The molecule has 0 radical (unpaired) electrons. The summed E-state index contributed by atoms with van der Waals surface area (Å²) in [6.07, 6.45) is 0. The molecular formula is C66H44N2. The highest BCUT2D eigenvalue weighted by molar-refractivity contribution is 6.14. The van der Waals surface area contributed by atoms with Crippen LogP contribution in [0.15, 0.2) is 267 Å². The number of para-hydroxylation sites is 2. The molecule has 0 bridgehead atoms. The van der Waals surface area contributed by atoms with Gasteiger partial charge in [-0.15, -0.1) is 0 Å². The van der Waals surface area contributed by atoms with Crippen molar-refractivity contribution in [2.45, 2.75) is 0 Å². The van der Waals surface area contributed by atoms with Gasteiger partial charge in [0.15, 0.2) is 0 Å². The first-order chi connectivity index (χ1) is 33.7. The first kappa shape index (κ1) is 39.4. The van der Waals surface area contributed by atoms with E-state index >= 15 is 0 Å². The molecule has 318 valence electrons. The summed E-state index contributed by atoms with van der Waals surface area (Å²) in [6.45, 7) is 0. The molecule has 1 aromatic heterocycles. The Kier molecular flexibility index (Phi) is 9.54. The molecule has 12 aromatic carbocycles. The topological polar surface area (TPSA) is 8.17 Å². The van der Waals surface area contributed by atoms with Crippen LogP contribution in [0, 0.1) is 0 Å². The van der Waals surface area contributed by atoms with E-state index in [1.807, 2.05) is 0 Å². The van der Waals surface area contributed by atoms with Crippen LogP contribution >= 0.6 is 0 Å². The summed E-state index contributed by atoms with van der Waals surface area (Å²) in [7, 11) is 0. The van der Waals surface area contributed by atoms with E-state index in [2.05, 4.69) is 276 Å². The maximum atomic E-state index is 2.49. The molecule has 68 heavy (non-hydrogen) atoms. The van der Waals surface area contributed by atoms with Crippen molar-refractivity contribution >= 4 is 71.2 Å². The Morgan fingerprint density at radius 1 is 0.265 bits per heavy atom. The zero-order valence-corrected chi connectivity index (χ0v) is 37.3. The van der Waals surface area contributed by atoms with Crippen molar-refractivity contribution in [3.8, 4) is 50.2 Å². The van der Waals surface area contributed by atoms with Crippen molar-refractivity contribution < 1.29 is 0 Å². The fourth-order valence-corrected chi connectivity index (χ4v) is 10.5. The lowest BCUT2D eigenvalue weighted by Crippen LogP contribution is -2.11. The molecule has 2 heteroatoms. The summed E-state index contributed by atoms with van der Waals surface area (Å²) in [5, 5.41) is 9.90. The monoisotopic (exact) mass is 864 g/mol. The summed E-state index contributed by atoms with van der Waals surface area (Å²) in [5.41, 5.74) is 16.2. The highest BCUT2D eigenvalue weighted by Crippen LogP contribution is 2.45. The Morgan fingerprint density at radius 2 is 0.779 bits per heavy atom. The van der Waals surface area contributed by atoms with Crippen LogP contribution in [0.1, 0.15) is 0 Å². The van der Waals surface area contributed by atoms with E-state index in [1.165, 1.54) is 93.1 Å². The van der Waals surface area contributed by atoms with Gasteiger partial charge in [-0.05, 0) is 126 Å². The van der Waals surface area contributed by atoms with Crippen molar-refractivity contribution in [2.75, 3.05) is 4.90 Å². The van der Waals surface area contributed by atoms with E-state index in [0.717, 1.165) is 28.3 Å². The van der Waals surface area contributed by atoms with Gasteiger partial charge in [0.1, 0.15) is 0 Å². The van der Waals surface area contributed by atoms with E-state index in [4.69, 9.17) is 0 Å². The Balaban J connectivity index is 0.995. The van der Waals surface area contributed by atoms with Gasteiger partial charge < -0.3 is 9.47 Å². The second kappa shape index (κ2) is 16.5. The van der Waals surface area contributed by atoms with Crippen LogP contribution in [0.3, 0.4) is 0 Å². The average molecular weight is 865 g/mol. The molecule has 0 fully saturated rings. The van der Waals surface area contributed by atoms with Crippen LogP contribution in [-0.4, -0.2) is 4.57 Å². The average Bonchev–Trinajstić information content (AvgIpc) is 3.73. The van der Waals surface area contributed by atoms with Crippen LogP contribution in [0.25, 0.3) is 104 Å². The van der Waals surface area contributed by atoms with E-state index in [0.29, 0.717) is 0 Å². The second-order valence-corrected chi connectivity index (χ2v) is 17.7. The molecule has 0 aliphatic heterocycles. The first-order valence-corrected chi connectivity index (χ1v) is 23.4. The minimum Gasteiger partial charge on any atom is -0.310 e. The van der Waals surface area contributed by atoms with Gasteiger partial charge in [0.2, 0.25) is 0 Å². The highest BCUT2D eigenvalue weighted by atomic mass is 15.1. The molecule has 0 aliphatic carbocycles. The molecule has 0 atom stereocenters. The number of benzene rings is 12. The van der Waals surface area contributed by atoms with Crippen molar-refractivity contribution in [1.29, 1.82) is 0 Å². The standard InChI is InChI=1S/C66H44N2/c1-2-17-47(18-3-1)58-25-10-12-29-62(58)67(54-38-34-48(35-39-54)57-27-14-23-46-19-8-9-24-56(46)57)55-40-36-49(37-41-55)59-28-15-31-64(66(59)53-33-32-45-16-4-5-20-50(45)42-53)68-63-30-13-11-26-60(63)61-43-51-21-6-7-22-52(51)44-65(61)68/h1-44H. The van der Waals surface area contributed by atoms with E-state index < -0.39 is 0 Å². The summed E-state index contributed by atoms with van der Waals surface area (Å²) in [4.78, 5) is 2.40. The van der Waals surface area contributed by atoms with Gasteiger partial charge in [-0.3, -0.25) is 0 Å². The van der Waals surface area contributed by atoms with Crippen LogP contribution in [0.4, 0.5) is 17.1 Å². The number of fused-ring (bicyclic) bond motifs is 6. The summed E-state index contributed by atoms with van der Waals surface area (Å²) in [6, 6.07) is 97.6. The second-order valence-electron chi connectivity index (χ2n) is 17.7. The fourth-order valence-electron chi connectivity index (χ4n) is 10.5. The Bertz CT molecular complexity index is 4010. The maximum Gasteiger partial charge on any atom is 0.0547 e. The Hall–Kier alpha value is -8.98. The Morgan fingerprint density at radius 3 is 1.54 bits per heavy atom. The molecule has 0 unspecified atom stereocenters. The zero-order valence-electron chi connectivity index (χ0n) is 37.3. The number of anilines is 3. The quantitative estimate of drug-likeness (QED) is 0.148. The molecule has 13 rings (SSSR count). The summed E-state index contributed by atoms with van der Waals surface area (Å²) >= 11 is 0. The summed E-state index contributed by atoms with van der Waals surface area (Å²) in [5.74, 6) is 0. The first-order valence-electron chi connectivity index (χ1n) is 23.4. The van der Waals surface area contributed by atoms with Gasteiger partial charge >= 0.3 is 0 Å². The lowest BCUT2D eigenvalue weighted by molar-refractivity contribution is 1.18. The van der Waals surface area contributed by atoms with Gasteiger partial charge in [-0.1, -0.05) is 206 Å². The van der Waals surface area contributed by atoms with Crippen LogP contribution < -0.4 is 4.90 Å². The van der Waals surface area contributed by atoms with Crippen LogP contribution in [0.2, 0.25) is 0 Å². The minimum atomic E-state index is 1.08. The van der Waals surface area contributed by atoms with Crippen molar-refractivity contribution in [3.05, 3.63) is 267 Å². The smallest absolute Gasteiger partial charge is 0.0547 e. The predicted molar refractivity (Wildman–Crippen MR) is 290 cm³/mol. The zero-order chi connectivity index (χ0) is 45.0. The van der Waals surface area contributed by atoms with E-state index in [1.54, 1.807) is 0 Å². The third-order valence-corrected chi connectivity index (χ3v) is 13.8. The molecule has 13 aromatic rings. The van der Waals surface area contributed by atoms with Gasteiger partial charge in [-0.25, -0.2) is 0 Å². The molecule has 1 heterocycles. The van der Waals surface area contributed by atoms with E-state index in [-0.39, 0.29) is 0 Å². The maximum absolute atomic E-state index is 2.49. The van der Waals surface area contributed by atoms with Gasteiger partial charge in [0.25, 0.3) is 0 Å². The van der Waals surface area contributed by atoms with Gasteiger partial charge in [0, 0.05) is 33.3 Å². The Labute approximate surface area is 395 Å². The molecule has 2 nitrogen and oxygen atoms in total. The lowest BCUT2D eigenvalue weighted by Gasteiger charge is -2.28. The molecular weight excluding hydrogens is 821 g/mol. The number of rotatable bonds is 8. The van der Waals surface area contributed by atoms with Crippen molar-refractivity contribution in [1.82, 2.24) is 4.57 Å². The van der Waals surface area contributed by atoms with Gasteiger partial charge in [0.05, 0.1) is 22.4 Å². The normalized spacial score (nSPS) is 11.5. The molecule has 0 saturated carbocycles. The predicted octanol–water partition coefficient (Wildman–Crippen LogP) is 18.4. The molecule has 0 amide bonds. The number of aromatic nitrogens is 1. The molecule has 0 saturated heterocycles. The van der Waals surface area contributed by atoms with Crippen LogP contribution in [-0.2, 0) is 0 Å². The van der Waals surface area contributed by atoms with Crippen molar-refractivity contribution in [2.24, 2.45) is 0 Å². The number of hydrogen-bond donors (Lipinski definition) is 0. The molecule has 0 N–H and O–H groups in total. The summed E-state index contributed by atoms with van der Waals surface area (Å²) < 4.78 is 2.49.